The smallest absolute Gasteiger partial charge is 0.268 e. The number of unbranched alkanes of at least 4 members (excludes halogenated alkanes) is 38. The minimum absolute atomic E-state index is 0.0102. The third-order valence-electron chi connectivity index (χ3n) is 15.8. The van der Waals surface area contributed by atoms with Crippen molar-refractivity contribution in [2.75, 3.05) is 40.9 Å². The SMILES string of the molecule is CC/C=C\C/C=C\C/C=C\C/C=C\C/C=C\CCCCCCCCCCCCCCCCCCCCCCCCCC(=O)NC(COP(=O)([O-])OCC[N+](C)(C)C)C(O)/C=C/CC/C=C/CC/C=C/CCCCCCCCCCCCCCC. The van der Waals surface area contributed by atoms with Crippen molar-refractivity contribution >= 4 is 13.7 Å². The minimum Gasteiger partial charge on any atom is -0.756 e. The summed E-state index contributed by atoms with van der Waals surface area (Å²) < 4.78 is 23.4. The third kappa shape index (κ3) is 66.9. The first-order valence-electron chi connectivity index (χ1n) is 35.6. The van der Waals surface area contributed by atoms with Crippen LogP contribution in [0, 0.1) is 0 Å². The maximum absolute atomic E-state index is 13.0. The lowest BCUT2D eigenvalue weighted by molar-refractivity contribution is -0.870. The van der Waals surface area contributed by atoms with Gasteiger partial charge in [0, 0.05) is 6.42 Å². The Balaban J connectivity index is 4.03. The molecule has 0 aromatic heterocycles. The van der Waals surface area contributed by atoms with E-state index >= 15 is 0 Å². The Morgan fingerprint density at radius 1 is 0.429 bits per heavy atom. The number of nitrogens with zero attached hydrogens (tertiary/aromatic N) is 1. The zero-order chi connectivity index (χ0) is 61.2. The van der Waals surface area contributed by atoms with E-state index < -0.39 is 26.6 Å². The van der Waals surface area contributed by atoms with Gasteiger partial charge in [0.05, 0.1) is 39.9 Å². The molecule has 0 saturated heterocycles. The zero-order valence-electron chi connectivity index (χ0n) is 55.8. The van der Waals surface area contributed by atoms with E-state index in [1.165, 1.54) is 225 Å². The number of carbonyl (C=O) groups excluding carboxylic acids is 1. The van der Waals surface area contributed by atoms with Gasteiger partial charge in [-0.3, -0.25) is 9.36 Å². The molecule has 8 nitrogen and oxygen atoms in total. The summed E-state index contributed by atoms with van der Waals surface area (Å²) in [6, 6.07) is -0.914. The number of aliphatic hydroxyl groups excluding tert-OH is 1. The summed E-state index contributed by atoms with van der Waals surface area (Å²) in [7, 11) is 1.24. The van der Waals surface area contributed by atoms with Crippen molar-refractivity contribution in [3.63, 3.8) is 0 Å². The summed E-state index contributed by atoms with van der Waals surface area (Å²) in [5.41, 5.74) is 0. The number of amides is 1. The molecule has 0 radical (unpaired) electrons. The topological polar surface area (TPSA) is 108 Å². The Kier molecular flexibility index (Phi) is 62.9. The van der Waals surface area contributed by atoms with Crippen LogP contribution in [0.2, 0.25) is 0 Å². The van der Waals surface area contributed by atoms with Gasteiger partial charge in [0.25, 0.3) is 7.82 Å². The average Bonchev–Trinajstić information content (AvgIpc) is 3.56. The highest BCUT2D eigenvalue weighted by atomic mass is 31.2. The summed E-state index contributed by atoms with van der Waals surface area (Å²) in [6.45, 7) is 4.54. The lowest BCUT2D eigenvalue weighted by Gasteiger charge is -2.29. The van der Waals surface area contributed by atoms with Crippen LogP contribution >= 0.6 is 7.82 Å². The molecule has 2 N–H and O–H groups in total. The maximum atomic E-state index is 13.0. The molecule has 0 aliphatic carbocycles. The largest absolute Gasteiger partial charge is 0.756 e. The number of allylic oxidation sites excluding steroid dienone is 15. The van der Waals surface area contributed by atoms with Crippen LogP contribution in [0.15, 0.2) is 97.2 Å². The number of hydrogen-bond acceptors (Lipinski definition) is 6. The molecule has 0 aliphatic rings. The highest BCUT2D eigenvalue weighted by Crippen LogP contribution is 2.38. The van der Waals surface area contributed by atoms with Crippen LogP contribution in [-0.2, 0) is 18.4 Å². The highest BCUT2D eigenvalue weighted by molar-refractivity contribution is 7.45. The van der Waals surface area contributed by atoms with Crippen molar-refractivity contribution in [3.8, 4) is 0 Å². The van der Waals surface area contributed by atoms with E-state index in [0.717, 1.165) is 77.0 Å². The fourth-order valence-corrected chi connectivity index (χ4v) is 11.0. The van der Waals surface area contributed by atoms with Gasteiger partial charge in [-0.05, 0) is 89.9 Å². The zero-order valence-corrected chi connectivity index (χ0v) is 56.7. The van der Waals surface area contributed by atoms with Gasteiger partial charge in [-0.2, -0.15) is 0 Å². The van der Waals surface area contributed by atoms with Crippen LogP contribution in [-0.4, -0.2) is 68.5 Å². The molecule has 0 saturated carbocycles. The standard InChI is InChI=1S/C75H137N2O6P/c1-6-8-10-12-14-16-18-20-22-24-26-28-30-31-32-33-34-35-36-37-38-39-40-41-42-43-44-45-47-49-51-53-55-57-59-61-63-65-67-69-75(79)76-73(72-83-84(80,81)82-71-70-77(3,4)5)74(78)68-66-64-62-60-58-56-54-52-50-48-46-29-27-25-23-21-19-17-15-13-11-9-7-2/h8,10,14,16,20,22,26,28,31-32,50,52,58,60,66,68,73-74,78H,6-7,9,11-13,15,17-19,21,23-25,27,29-30,33-49,51,53-57,59,61-65,67,69-72H2,1-5H3,(H-,76,79,80,81)/b10-8-,16-14-,22-20-,28-26-,32-31-,52-50+,60-58+,68-66+. The summed E-state index contributed by atoms with van der Waals surface area (Å²) in [5, 5.41) is 13.9. The molecule has 84 heavy (non-hydrogen) atoms. The number of phosphoric ester groups is 1. The lowest BCUT2D eigenvalue weighted by Crippen LogP contribution is -2.45. The van der Waals surface area contributed by atoms with E-state index in [2.05, 4.69) is 104 Å². The first kappa shape index (κ1) is 81.4. The Morgan fingerprint density at radius 2 is 0.738 bits per heavy atom. The second-order valence-corrected chi connectivity index (χ2v) is 26.6. The van der Waals surface area contributed by atoms with Crippen LogP contribution < -0.4 is 10.2 Å². The summed E-state index contributed by atoms with van der Waals surface area (Å²) in [6.07, 6.45) is 94.0. The summed E-state index contributed by atoms with van der Waals surface area (Å²) in [4.78, 5) is 25.6. The minimum atomic E-state index is -4.62. The molecule has 0 fully saturated rings. The normalized spacial score (nSPS) is 14.2. The molecule has 9 heteroatoms. The van der Waals surface area contributed by atoms with E-state index in [1.807, 2.05) is 27.2 Å². The molecule has 0 aliphatic heterocycles. The first-order valence-corrected chi connectivity index (χ1v) is 37.1. The van der Waals surface area contributed by atoms with Gasteiger partial charge in [0.1, 0.15) is 13.2 Å². The van der Waals surface area contributed by atoms with Crippen LogP contribution in [0.5, 0.6) is 0 Å². The Labute approximate surface area is 521 Å². The number of hydrogen-bond donors (Lipinski definition) is 2. The van der Waals surface area contributed by atoms with E-state index in [4.69, 9.17) is 9.05 Å². The second kappa shape index (κ2) is 64.9. The molecule has 0 rings (SSSR count). The fraction of sp³-hybridized carbons (Fsp3) is 0.773. The molecular formula is C75H137N2O6P. The number of carbonyl (C=O) groups is 1. The molecule has 1 amide bonds. The fourth-order valence-electron chi connectivity index (χ4n) is 10.3. The van der Waals surface area contributed by atoms with Gasteiger partial charge in [0.2, 0.25) is 5.91 Å². The van der Waals surface area contributed by atoms with Gasteiger partial charge >= 0.3 is 0 Å². The molecule has 0 aromatic carbocycles. The Bertz CT molecular complexity index is 1690. The van der Waals surface area contributed by atoms with Crippen LogP contribution in [0.25, 0.3) is 0 Å². The van der Waals surface area contributed by atoms with E-state index in [1.54, 1.807) is 6.08 Å². The first-order chi connectivity index (χ1) is 41.0. The number of phosphoric acid groups is 1. The third-order valence-corrected chi connectivity index (χ3v) is 16.7. The predicted molar refractivity (Wildman–Crippen MR) is 366 cm³/mol. The molecule has 0 bridgehead atoms. The molecule has 0 aromatic rings. The molecule has 488 valence electrons. The maximum Gasteiger partial charge on any atom is 0.268 e. The lowest BCUT2D eigenvalue weighted by atomic mass is 10.0. The Morgan fingerprint density at radius 3 is 1.11 bits per heavy atom. The van der Waals surface area contributed by atoms with Crippen LogP contribution in [0.3, 0.4) is 0 Å². The van der Waals surface area contributed by atoms with Gasteiger partial charge < -0.3 is 28.8 Å². The average molecular weight is 1190 g/mol. The van der Waals surface area contributed by atoms with E-state index in [0.29, 0.717) is 17.4 Å². The number of rotatable bonds is 65. The van der Waals surface area contributed by atoms with Crippen LogP contribution in [0.1, 0.15) is 322 Å². The molecule has 0 spiro atoms. The number of aliphatic hydroxyl groups is 1. The van der Waals surface area contributed by atoms with Gasteiger partial charge in [-0.25, -0.2) is 0 Å². The number of likely N-dealkylation sites (N-methyl/N-ethyl adjacent to an activating group) is 1. The van der Waals surface area contributed by atoms with Crippen molar-refractivity contribution < 1.29 is 32.9 Å². The van der Waals surface area contributed by atoms with Crippen LogP contribution in [0.4, 0.5) is 0 Å². The van der Waals surface area contributed by atoms with Crippen molar-refractivity contribution in [3.05, 3.63) is 97.2 Å². The van der Waals surface area contributed by atoms with Gasteiger partial charge in [-0.15, -0.1) is 0 Å². The number of quaternary nitrogens is 1. The van der Waals surface area contributed by atoms with Crippen molar-refractivity contribution in [2.45, 2.75) is 334 Å². The molecule has 3 atom stereocenters. The Hall–Kier alpha value is -2.58. The van der Waals surface area contributed by atoms with Gasteiger partial charge in [-0.1, -0.05) is 323 Å². The molecule has 3 unspecified atom stereocenters. The highest BCUT2D eigenvalue weighted by Gasteiger charge is 2.23. The molecule has 0 heterocycles. The monoisotopic (exact) mass is 1190 g/mol. The molecular weight excluding hydrogens is 1060 g/mol. The summed E-state index contributed by atoms with van der Waals surface area (Å²) in [5.74, 6) is -0.208. The predicted octanol–water partition coefficient (Wildman–Crippen LogP) is 22.3. The van der Waals surface area contributed by atoms with E-state index in [9.17, 15) is 19.4 Å². The van der Waals surface area contributed by atoms with Crippen molar-refractivity contribution in [2.24, 2.45) is 0 Å². The van der Waals surface area contributed by atoms with Gasteiger partial charge in [0.15, 0.2) is 0 Å². The van der Waals surface area contributed by atoms with E-state index in [-0.39, 0.29) is 12.5 Å². The van der Waals surface area contributed by atoms with Crippen molar-refractivity contribution in [1.82, 2.24) is 5.32 Å². The second-order valence-electron chi connectivity index (χ2n) is 25.2. The van der Waals surface area contributed by atoms with Crippen molar-refractivity contribution in [1.29, 1.82) is 0 Å². The summed E-state index contributed by atoms with van der Waals surface area (Å²) >= 11 is 0. The number of nitrogens with one attached hydrogen (secondary N) is 1. The quantitative estimate of drug-likeness (QED) is 0.0272.